The molecular formula is C17H25N3O3. The van der Waals surface area contributed by atoms with Gasteiger partial charge in [-0.05, 0) is 57.9 Å². The Morgan fingerprint density at radius 3 is 2.52 bits per heavy atom. The normalized spacial score (nSPS) is 18.2. The molecule has 6 nitrogen and oxygen atoms in total. The number of carbonyl (C=O) groups excluding carboxylic acids is 2. The second-order valence-electron chi connectivity index (χ2n) is 6.75. The van der Waals surface area contributed by atoms with Crippen LogP contribution in [0.3, 0.4) is 0 Å². The van der Waals surface area contributed by atoms with E-state index >= 15 is 0 Å². The van der Waals surface area contributed by atoms with Gasteiger partial charge in [0.15, 0.2) is 0 Å². The average molecular weight is 319 g/mol. The summed E-state index contributed by atoms with van der Waals surface area (Å²) in [6.07, 6.45) is 2.35. The van der Waals surface area contributed by atoms with Gasteiger partial charge in [0, 0.05) is 30.5 Å². The lowest BCUT2D eigenvalue weighted by molar-refractivity contribution is -0.105. The van der Waals surface area contributed by atoms with Crippen LogP contribution in [0.4, 0.5) is 16.2 Å². The fourth-order valence-corrected chi connectivity index (χ4v) is 2.55. The molecule has 126 valence electrons. The summed E-state index contributed by atoms with van der Waals surface area (Å²) in [5.41, 5.74) is 1.25. The highest BCUT2D eigenvalue weighted by molar-refractivity contribution is 5.72. The van der Waals surface area contributed by atoms with Crippen LogP contribution in [0.2, 0.25) is 0 Å². The van der Waals surface area contributed by atoms with Gasteiger partial charge in [-0.2, -0.15) is 0 Å². The van der Waals surface area contributed by atoms with Crippen molar-refractivity contribution in [3.63, 3.8) is 0 Å². The lowest BCUT2D eigenvalue weighted by atomic mass is 10.1. The van der Waals surface area contributed by atoms with Crippen molar-refractivity contribution in [3.8, 4) is 0 Å². The largest absolute Gasteiger partial charge is 0.444 e. The molecule has 0 aromatic heterocycles. The lowest BCUT2D eigenvalue weighted by Crippen LogP contribution is -2.46. The monoisotopic (exact) mass is 319 g/mol. The molecule has 1 heterocycles. The maximum Gasteiger partial charge on any atom is 0.410 e. The van der Waals surface area contributed by atoms with Gasteiger partial charge in [0.1, 0.15) is 5.60 Å². The third kappa shape index (κ3) is 5.47. The highest BCUT2D eigenvalue weighted by atomic mass is 16.6. The van der Waals surface area contributed by atoms with Crippen molar-refractivity contribution in [1.29, 1.82) is 0 Å². The molecule has 1 unspecified atom stereocenters. The number of anilines is 2. The standard InChI is InChI=1S/C17H25N3O3/c1-17(2,3)23-16(22)20-10-4-5-15(11-20)19-14-8-6-13(7-9-14)18-12-21/h6-9,12,15,19H,4-5,10-11H2,1-3H3,(H,18,21). The first kappa shape index (κ1) is 17.1. The molecule has 0 bridgehead atoms. The quantitative estimate of drug-likeness (QED) is 0.837. The van der Waals surface area contributed by atoms with E-state index in [0.717, 1.165) is 30.8 Å². The number of rotatable bonds is 4. The van der Waals surface area contributed by atoms with E-state index in [0.29, 0.717) is 13.0 Å². The number of ether oxygens (including phenoxy) is 1. The van der Waals surface area contributed by atoms with Crippen LogP contribution in [0, 0.1) is 0 Å². The van der Waals surface area contributed by atoms with Crippen molar-refractivity contribution in [1.82, 2.24) is 4.90 Å². The molecule has 1 aromatic carbocycles. The zero-order valence-corrected chi connectivity index (χ0v) is 14.0. The summed E-state index contributed by atoms with van der Waals surface area (Å²) in [5, 5.41) is 6.04. The predicted molar refractivity (Wildman–Crippen MR) is 90.6 cm³/mol. The highest BCUT2D eigenvalue weighted by Crippen LogP contribution is 2.20. The van der Waals surface area contributed by atoms with Crippen molar-refractivity contribution in [2.45, 2.75) is 45.3 Å². The molecule has 0 aliphatic carbocycles. The van der Waals surface area contributed by atoms with Crippen molar-refractivity contribution in [3.05, 3.63) is 24.3 Å². The van der Waals surface area contributed by atoms with E-state index in [-0.39, 0.29) is 12.1 Å². The first-order valence-corrected chi connectivity index (χ1v) is 7.92. The molecule has 0 saturated carbocycles. The molecule has 1 aliphatic rings. The number of carbonyl (C=O) groups is 2. The molecule has 1 saturated heterocycles. The molecule has 0 spiro atoms. The van der Waals surface area contributed by atoms with Gasteiger partial charge in [-0.15, -0.1) is 0 Å². The van der Waals surface area contributed by atoms with Gasteiger partial charge in [-0.3, -0.25) is 4.79 Å². The average Bonchev–Trinajstić information content (AvgIpc) is 2.48. The van der Waals surface area contributed by atoms with Crippen LogP contribution in [-0.2, 0) is 9.53 Å². The van der Waals surface area contributed by atoms with Crippen LogP contribution in [0.15, 0.2) is 24.3 Å². The molecule has 6 heteroatoms. The SMILES string of the molecule is CC(C)(C)OC(=O)N1CCCC(Nc2ccc(NC=O)cc2)C1. The van der Waals surface area contributed by atoms with E-state index in [2.05, 4.69) is 10.6 Å². The first-order valence-electron chi connectivity index (χ1n) is 7.92. The fourth-order valence-electron chi connectivity index (χ4n) is 2.55. The maximum absolute atomic E-state index is 12.2. The van der Waals surface area contributed by atoms with Crippen LogP contribution in [0.5, 0.6) is 0 Å². The van der Waals surface area contributed by atoms with Crippen LogP contribution in [0.25, 0.3) is 0 Å². The number of amides is 2. The summed E-state index contributed by atoms with van der Waals surface area (Å²) in [5.74, 6) is 0. The molecule has 1 aliphatic heterocycles. The minimum absolute atomic E-state index is 0.196. The second kappa shape index (κ2) is 7.35. The molecule has 0 radical (unpaired) electrons. The van der Waals surface area contributed by atoms with Gasteiger partial charge in [0.05, 0.1) is 0 Å². The van der Waals surface area contributed by atoms with Crippen molar-refractivity contribution in [2.75, 3.05) is 23.7 Å². The third-order valence-electron chi connectivity index (χ3n) is 3.55. The van der Waals surface area contributed by atoms with E-state index in [1.165, 1.54) is 0 Å². The number of benzene rings is 1. The summed E-state index contributed by atoms with van der Waals surface area (Å²) in [7, 11) is 0. The molecule has 1 atom stereocenters. The zero-order valence-electron chi connectivity index (χ0n) is 14.0. The van der Waals surface area contributed by atoms with Gasteiger partial charge < -0.3 is 20.3 Å². The Kier molecular flexibility index (Phi) is 5.47. The Morgan fingerprint density at radius 2 is 1.91 bits per heavy atom. The summed E-state index contributed by atoms with van der Waals surface area (Å²) < 4.78 is 5.44. The minimum atomic E-state index is -0.473. The van der Waals surface area contributed by atoms with Crippen LogP contribution in [0.1, 0.15) is 33.6 Å². The Hall–Kier alpha value is -2.24. The lowest BCUT2D eigenvalue weighted by Gasteiger charge is -2.34. The Labute approximate surface area is 137 Å². The molecule has 1 aromatic rings. The Morgan fingerprint density at radius 1 is 1.26 bits per heavy atom. The molecule has 2 N–H and O–H groups in total. The minimum Gasteiger partial charge on any atom is -0.444 e. The van der Waals surface area contributed by atoms with E-state index < -0.39 is 5.60 Å². The van der Waals surface area contributed by atoms with Crippen molar-refractivity contribution in [2.24, 2.45) is 0 Å². The number of hydrogen-bond donors (Lipinski definition) is 2. The Balaban J connectivity index is 1.90. The van der Waals surface area contributed by atoms with Crippen LogP contribution >= 0.6 is 0 Å². The number of likely N-dealkylation sites (tertiary alicyclic amines) is 1. The molecule has 2 amide bonds. The maximum atomic E-state index is 12.2. The molecular weight excluding hydrogens is 294 g/mol. The van der Waals surface area contributed by atoms with Gasteiger partial charge in [-0.25, -0.2) is 4.79 Å². The highest BCUT2D eigenvalue weighted by Gasteiger charge is 2.27. The topological polar surface area (TPSA) is 70.7 Å². The van der Waals surface area contributed by atoms with Crippen LogP contribution < -0.4 is 10.6 Å². The predicted octanol–water partition coefficient (Wildman–Crippen LogP) is 3.07. The van der Waals surface area contributed by atoms with Gasteiger partial charge >= 0.3 is 6.09 Å². The van der Waals surface area contributed by atoms with E-state index in [4.69, 9.17) is 4.74 Å². The Bertz CT molecular complexity index is 537. The number of nitrogens with zero attached hydrogens (tertiary/aromatic N) is 1. The third-order valence-corrected chi connectivity index (χ3v) is 3.55. The summed E-state index contributed by atoms with van der Waals surface area (Å²) in [6.45, 7) is 6.98. The van der Waals surface area contributed by atoms with Gasteiger partial charge in [-0.1, -0.05) is 0 Å². The van der Waals surface area contributed by atoms with Crippen molar-refractivity contribution >= 4 is 23.9 Å². The van der Waals surface area contributed by atoms with E-state index in [1.54, 1.807) is 4.90 Å². The number of hydrogen-bond acceptors (Lipinski definition) is 4. The molecule has 2 rings (SSSR count). The summed E-state index contributed by atoms with van der Waals surface area (Å²) in [4.78, 5) is 24.3. The molecule has 1 fully saturated rings. The summed E-state index contributed by atoms with van der Waals surface area (Å²) in [6, 6.07) is 7.70. The zero-order chi connectivity index (χ0) is 16.9. The molecule has 23 heavy (non-hydrogen) atoms. The van der Waals surface area contributed by atoms with Crippen molar-refractivity contribution < 1.29 is 14.3 Å². The number of nitrogens with one attached hydrogen (secondary N) is 2. The number of piperidine rings is 1. The first-order chi connectivity index (χ1) is 10.9. The van der Waals surface area contributed by atoms with Gasteiger partial charge in [0.2, 0.25) is 6.41 Å². The van der Waals surface area contributed by atoms with E-state index in [1.807, 2.05) is 45.0 Å². The van der Waals surface area contributed by atoms with Crippen LogP contribution in [-0.4, -0.2) is 42.1 Å². The second-order valence-corrected chi connectivity index (χ2v) is 6.75. The summed E-state index contributed by atoms with van der Waals surface area (Å²) >= 11 is 0. The fraction of sp³-hybridized carbons (Fsp3) is 0.529. The van der Waals surface area contributed by atoms with E-state index in [9.17, 15) is 9.59 Å². The van der Waals surface area contributed by atoms with Gasteiger partial charge in [0.25, 0.3) is 0 Å². The smallest absolute Gasteiger partial charge is 0.410 e.